The fraction of sp³-hybridized carbons (Fsp3) is 0.364. The number of hydrogen-bond acceptors (Lipinski definition) is 5. The van der Waals surface area contributed by atoms with E-state index in [1.54, 1.807) is 0 Å². The predicted octanol–water partition coefficient (Wildman–Crippen LogP) is 1.11. The Hall–Kier alpha value is -1.31. The Morgan fingerprint density at radius 3 is 2.63 bits per heavy atom. The molecule has 0 saturated heterocycles. The van der Waals surface area contributed by atoms with Gasteiger partial charge in [0.15, 0.2) is 0 Å². The van der Waals surface area contributed by atoms with Gasteiger partial charge in [0.05, 0.1) is 19.2 Å². The molecule has 1 aromatic carbocycles. The van der Waals surface area contributed by atoms with Crippen molar-refractivity contribution < 1.29 is 17.9 Å². The zero-order valence-electron chi connectivity index (χ0n) is 10.6. The molecule has 8 heteroatoms. The monoisotopic (exact) mass is 306 g/mol. The number of methoxy groups -OCH3 is 1. The SMILES string of the molecule is COC(=O)CCN(C)S(=O)(=O)c1ccc(Cl)cc1N. The highest BCUT2D eigenvalue weighted by Gasteiger charge is 2.23. The molecule has 1 rings (SSSR count). The second-order valence-electron chi connectivity index (χ2n) is 3.83. The minimum Gasteiger partial charge on any atom is -0.469 e. The molecule has 0 bridgehead atoms. The summed E-state index contributed by atoms with van der Waals surface area (Å²) >= 11 is 5.72. The summed E-state index contributed by atoms with van der Waals surface area (Å²) in [5.74, 6) is -0.480. The Morgan fingerprint density at radius 2 is 2.11 bits per heavy atom. The Labute approximate surface area is 117 Å². The lowest BCUT2D eigenvalue weighted by atomic mass is 10.3. The number of anilines is 1. The standard InChI is InChI=1S/C11H15ClN2O4S/c1-14(6-5-11(15)18-2)19(16,17)10-4-3-8(12)7-9(10)13/h3-4,7H,5-6,13H2,1-2H3. The summed E-state index contributed by atoms with van der Waals surface area (Å²) in [5, 5.41) is 0.355. The van der Waals surface area contributed by atoms with E-state index in [-0.39, 0.29) is 23.5 Å². The van der Waals surface area contributed by atoms with Gasteiger partial charge >= 0.3 is 5.97 Å². The van der Waals surface area contributed by atoms with Crippen LogP contribution in [0.5, 0.6) is 0 Å². The molecule has 0 atom stereocenters. The fourth-order valence-electron chi connectivity index (χ4n) is 1.39. The summed E-state index contributed by atoms with van der Waals surface area (Å²) in [6, 6.07) is 4.14. The van der Waals surface area contributed by atoms with Crippen molar-refractivity contribution in [1.29, 1.82) is 0 Å². The average Bonchev–Trinajstić information content (AvgIpc) is 2.34. The molecule has 0 radical (unpaired) electrons. The van der Waals surface area contributed by atoms with Gasteiger partial charge in [0.25, 0.3) is 0 Å². The normalized spacial score (nSPS) is 11.6. The quantitative estimate of drug-likeness (QED) is 0.650. The molecular weight excluding hydrogens is 292 g/mol. The van der Waals surface area contributed by atoms with Crippen molar-refractivity contribution in [2.24, 2.45) is 0 Å². The summed E-state index contributed by atoms with van der Waals surface area (Å²) in [5.41, 5.74) is 5.71. The van der Waals surface area contributed by atoms with Crippen molar-refractivity contribution >= 4 is 33.3 Å². The summed E-state index contributed by atoms with van der Waals surface area (Å²) < 4.78 is 29.9. The number of nitrogens with zero attached hydrogens (tertiary/aromatic N) is 1. The third-order valence-corrected chi connectivity index (χ3v) is 4.68. The molecule has 2 N–H and O–H groups in total. The van der Waals surface area contributed by atoms with Gasteiger partial charge in [-0.05, 0) is 18.2 Å². The number of rotatable bonds is 5. The second-order valence-corrected chi connectivity index (χ2v) is 6.28. The van der Waals surface area contributed by atoms with Gasteiger partial charge in [0.1, 0.15) is 4.90 Å². The highest BCUT2D eigenvalue weighted by molar-refractivity contribution is 7.89. The van der Waals surface area contributed by atoms with Gasteiger partial charge in [0, 0.05) is 18.6 Å². The predicted molar refractivity (Wildman–Crippen MR) is 72.3 cm³/mol. The zero-order chi connectivity index (χ0) is 14.6. The topological polar surface area (TPSA) is 89.7 Å². The van der Waals surface area contributed by atoms with Crippen molar-refractivity contribution in [3.05, 3.63) is 23.2 Å². The molecule has 6 nitrogen and oxygen atoms in total. The molecule has 0 amide bonds. The van der Waals surface area contributed by atoms with Crippen LogP contribution in [0.3, 0.4) is 0 Å². The number of carbonyl (C=O) groups is 1. The molecule has 106 valence electrons. The Balaban J connectivity index is 2.94. The number of nitrogens with two attached hydrogens (primary N) is 1. The van der Waals surface area contributed by atoms with E-state index in [0.717, 1.165) is 4.31 Å². The first-order valence-electron chi connectivity index (χ1n) is 5.37. The van der Waals surface area contributed by atoms with E-state index in [1.165, 1.54) is 32.4 Å². The minimum absolute atomic E-state index is 0.0110. The van der Waals surface area contributed by atoms with E-state index in [2.05, 4.69) is 4.74 Å². The lowest BCUT2D eigenvalue weighted by molar-refractivity contribution is -0.140. The van der Waals surface area contributed by atoms with Crippen molar-refractivity contribution in [1.82, 2.24) is 4.31 Å². The van der Waals surface area contributed by atoms with E-state index in [9.17, 15) is 13.2 Å². The van der Waals surface area contributed by atoms with Crippen LogP contribution in [0.15, 0.2) is 23.1 Å². The highest BCUT2D eigenvalue weighted by atomic mass is 35.5. The molecule has 0 aromatic heterocycles. The van der Waals surface area contributed by atoms with E-state index in [1.807, 2.05) is 0 Å². The molecule has 0 saturated carbocycles. The van der Waals surface area contributed by atoms with Crippen LogP contribution >= 0.6 is 11.6 Å². The van der Waals surface area contributed by atoms with E-state index in [0.29, 0.717) is 5.02 Å². The van der Waals surface area contributed by atoms with Gasteiger partial charge in [-0.15, -0.1) is 0 Å². The Morgan fingerprint density at radius 1 is 1.47 bits per heavy atom. The van der Waals surface area contributed by atoms with Gasteiger partial charge in [-0.1, -0.05) is 11.6 Å². The van der Waals surface area contributed by atoms with Crippen LogP contribution in [0, 0.1) is 0 Å². The molecule has 0 aliphatic carbocycles. The molecule has 0 spiro atoms. The largest absolute Gasteiger partial charge is 0.469 e. The molecular formula is C11H15ClN2O4S. The first kappa shape index (κ1) is 15.7. The molecule has 19 heavy (non-hydrogen) atoms. The lowest BCUT2D eigenvalue weighted by Crippen LogP contribution is -2.30. The van der Waals surface area contributed by atoms with Crippen LogP contribution in [0.2, 0.25) is 5.02 Å². The molecule has 0 unspecified atom stereocenters. The van der Waals surface area contributed by atoms with Crippen molar-refractivity contribution in [3.8, 4) is 0 Å². The van der Waals surface area contributed by atoms with Gasteiger partial charge in [-0.2, -0.15) is 0 Å². The van der Waals surface area contributed by atoms with Crippen molar-refractivity contribution in [3.63, 3.8) is 0 Å². The van der Waals surface area contributed by atoms with Crippen LogP contribution < -0.4 is 5.73 Å². The van der Waals surface area contributed by atoms with Crippen LogP contribution in [0.1, 0.15) is 6.42 Å². The van der Waals surface area contributed by atoms with Crippen molar-refractivity contribution in [2.45, 2.75) is 11.3 Å². The van der Waals surface area contributed by atoms with Crippen LogP contribution in [-0.2, 0) is 19.6 Å². The third kappa shape index (κ3) is 3.82. The molecule has 1 aromatic rings. The number of nitrogen functional groups attached to an aromatic ring is 1. The number of esters is 1. The molecule has 0 heterocycles. The smallest absolute Gasteiger partial charge is 0.306 e. The third-order valence-electron chi connectivity index (χ3n) is 2.52. The molecule has 0 aliphatic rings. The van der Waals surface area contributed by atoms with E-state index < -0.39 is 16.0 Å². The van der Waals surface area contributed by atoms with Gasteiger partial charge in [0.2, 0.25) is 10.0 Å². The minimum atomic E-state index is -3.75. The zero-order valence-corrected chi connectivity index (χ0v) is 12.2. The first-order chi connectivity index (χ1) is 8.78. The van der Waals surface area contributed by atoms with Crippen molar-refractivity contribution in [2.75, 3.05) is 26.4 Å². The van der Waals surface area contributed by atoms with Gasteiger partial charge in [-0.25, -0.2) is 12.7 Å². The summed E-state index contributed by atoms with van der Waals surface area (Å²) in [6.07, 6.45) is -0.0281. The van der Waals surface area contributed by atoms with Crippen LogP contribution in [-0.4, -0.2) is 39.4 Å². The number of carbonyl (C=O) groups excluding carboxylic acids is 1. The summed E-state index contributed by atoms with van der Waals surface area (Å²) in [7, 11) is -1.14. The number of sulfonamides is 1. The second kappa shape index (κ2) is 6.23. The highest BCUT2D eigenvalue weighted by Crippen LogP contribution is 2.24. The number of halogens is 1. The maximum Gasteiger partial charge on any atom is 0.306 e. The van der Waals surface area contributed by atoms with Gasteiger partial charge in [-0.3, -0.25) is 4.79 Å². The van der Waals surface area contributed by atoms with Gasteiger partial charge < -0.3 is 10.5 Å². The first-order valence-corrected chi connectivity index (χ1v) is 7.19. The van der Waals surface area contributed by atoms with E-state index in [4.69, 9.17) is 17.3 Å². The summed E-state index contributed by atoms with van der Waals surface area (Å²) in [6.45, 7) is 0.0110. The molecule has 0 fully saturated rings. The van der Waals surface area contributed by atoms with Crippen LogP contribution in [0.4, 0.5) is 5.69 Å². The maximum atomic E-state index is 12.2. The summed E-state index contributed by atoms with van der Waals surface area (Å²) in [4.78, 5) is 11.0. The van der Waals surface area contributed by atoms with E-state index >= 15 is 0 Å². The molecule has 0 aliphatic heterocycles. The Kier molecular flexibility index (Phi) is 5.16. The maximum absolute atomic E-state index is 12.2. The Bertz CT molecular complexity index is 574. The number of hydrogen-bond donors (Lipinski definition) is 1. The van der Waals surface area contributed by atoms with Crippen LogP contribution in [0.25, 0.3) is 0 Å². The average molecular weight is 307 g/mol. The number of benzene rings is 1. The number of ether oxygens (including phenoxy) is 1. The lowest BCUT2D eigenvalue weighted by Gasteiger charge is -2.17. The fourth-order valence-corrected chi connectivity index (χ4v) is 2.84.